The summed E-state index contributed by atoms with van der Waals surface area (Å²) in [6, 6.07) is 11.2. The van der Waals surface area contributed by atoms with Crippen LogP contribution in [0.3, 0.4) is 0 Å². The Morgan fingerprint density at radius 2 is 2.03 bits per heavy atom. The fraction of sp³-hybridized carbons (Fsp3) is 0.400. The van der Waals surface area contributed by atoms with Gasteiger partial charge in [-0.2, -0.15) is 0 Å². The van der Waals surface area contributed by atoms with Crippen LogP contribution in [0.15, 0.2) is 48.8 Å². The first-order valence-electron chi connectivity index (χ1n) is 11.2. The Bertz CT molecular complexity index is 1040. The van der Waals surface area contributed by atoms with Crippen LogP contribution < -0.4 is 10.1 Å². The van der Waals surface area contributed by atoms with Gasteiger partial charge in [-0.25, -0.2) is 0 Å². The van der Waals surface area contributed by atoms with E-state index in [1.807, 2.05) is 35.2 Å². The lowest BCUT2D eigenvalue weighted by Crippen LogP contribution is -2.38. The molecule has 168 valence electrons. The minimum Gasteiger partial charge on any atom is -0.497 e. The van der Waals surface area contributed by atoms with Gasteiger partial charge in [0.15, 0.2) is 0 Å². The molecule has 3 aromatic rings. The van der Waals surface area contributed by atoms with Gasteiger partial charge in [0.1, 0.15) is 5.75 Å². The summed E-state index contributed by atoms with van der Waals surface area (Å²) in [5.41, 5.74) is 0.688. The highest BCUT2D eigenvalue weighted by molar-refractivity contribution is 7.20. The number of nitrogens with one attached hydrogen (secondary N) is 1. The van der Waals surface area contributed by atoms with E-state index >= 15 is 0 Å². The number of rotatable bonds is 8. The number of fused-ring (bicyclic) bond motifs is 1. The third kappa shape index (κ3) is 5.46. The molecule has 1 saturated heterocycles. The molecule has 1 aliphatic heterocycles. The van der Waals surface area contributed by atoms with Crippen molar-refractivity contribution in [3.05, 3.63) is 59.2 Å². The Kier molecular flexibility index (Phi) is 7.37. The maximum atomic E-state index is 12.7. The number of thiophene rings is 1. The number of aromatic nitrogens is 1. The van der Waals surface area contributed by atoms with Crippen molar-refractivity contribution in [2.75, 3.05) is 26.7 Å². The molecule has 1 aliphatic rings. The maximum absolute atomic E-state index is 12.7. The van der Waals surface area contributed by atoms with Gasteiger partial charge in [0, 0.05) is 37.6 Å². The summed E-state index contributed by atoms with van der Waals surface area (Å²) in [5, 5.41) is 4.10. The van der Waals surface area contributed by atoms with Crippen molar-refractivity contribution in [3.63, 3.8) is 0 Å². The number of amides is 2. The fourth-order valence-corrected chi connectivity index (χ4v) is 5.15. The van der Waals surface area contributed by atoms with Crippen LogP contribution in [0.1, 0.15) is 52.1 Å². The number of ether oxygens (including phenoxy) is 1. The van der Waals surface area contributed by atoms with Crippen LogP contribution in [-0.4, -0.2) is 48.4 Å². The normalized spacial score (nSPS) is 14.5. The van der Waals surface area contributed by atoms with Crippen LogP contribution >= 0.6 is 11.3 Å². The van der Waals surface area contributed by atoms with Crippen molar-refractivity contribution in [3.8, 4) is 5.75 Å². The zero-order chi connectivity index (χ0) is 22.3. The average molecular weight is 452 g/mol. The third-order valence-electron chi connectivity index (χ3n) is 6.09. The molecule has 0 spiro atoms. The number of benzene rings is 1. The van der Waals surface area contributed by atoms with Gasteiger partial charge in [-0.05, 0) is 60.9 Å². The van der Waals surface area contributed by atoms with Crippen LogP contribution in [-0.2, 0) is 0 Å². The molecule has 0 unspecified atom stereocenters. The molecule has 1 N–H and O–H groups in total. The van der Waals surface area contributed by atoms with Gasteiger partial charge >= 0.3 is 0 Å². The van der Waals surface area contributed by atoms with E-state index in [0.717, 1.165) is 60.2 Å². The molecule has 0 bridgehead atoms. The smallest absolute Gasteiger partial charge is 0.261 e. The summed E-state index contributed by atoms with van der Waals surface area (Å²) in [6.45, 7) is 2.30. The Morgan fingerprint density at radius 1 is 1.19 bits per heavy atom. The van der Waals surface area contributed by atoms with E-state index in [1.165, 1.54) is 11.3 Å². The zero-order valence-electron chi connectivity index (χ0n) is 18.4. The number of hydrogen-bond acceptors (Lipinski definition) is 5. The number of carbonyl (C=O) groups is 2. The van der Waals surface area contributed by atoms with Crippen LogP contribution in [0, 0.1) is 5.92 Å². The largest absolute Gasteiger partial charge is 0.497 e. The zero-order valence-corrected chi connectivity index (χ0v) is 19.2. The predicted molar refractivity (Wildman–Crippen MR) is 127 cm³/mol. The van der Waals surface area contributed by atoms with E-state index < -0.39 is 0 Å². The van der Waals surface area contributed by atoms with Crippen molar-refractivity contribution >= 4 is 33.2 Å². The molecule has 6 nitrogen and oxygen atoms in total. The molecule has 0 aliphatic carbocycles. The van der Waals surface area contributed by atoms with Crippen LogP contribution in [0.5, 0.6) is 5.75 Å². The topological polar surface area (TPSA) is 71.5 Å². The number of nitrogens with zero attached hydrogens (tertiary/aromatic N) is 2. The maximum Gasteiger partial charge on any atom is 0.261 e. The number of hydrogen-bond donors (Lipinski definition) is 1. The van der Waals surface area contributed by atoms with Crippen LogP contribution in [0.2, 0.25) is 0 Å². The molecule has 0 radical (unpaired) electrons. The lowest BCUT2D eigenvalue weighted by molar-refractivity contribution is 0.0685. The molecule has 2 amide bonds. The predicted octanol–water partition coefficient (Wildman–Crippen LogP) is 4.76. The van der Waals surface area contributed by atoms with E-state index in [2.05, 4.69) is 10.3 Å². The summed E-state index contributed by atoms with van der Waals surface area (Å²) in [6.07, 6.45) is 8.83. The standard InChI is InChI=1S/C25H29N3O3S/c1-31-21-7-4-6-20(15-21)25(30)28-13-9-18(10-14-28)5-2-3-11-27-24(29)22-16-19-8-12-26-17-23(19)32-22/h4,6-8,12,15-18H,2-3,5,9-11,13-14H2,1H3,(H,27,29). The Labute approximate surface area is 192 Å². The second-order valence-electron chi connectivity index (χ2n) is 8.24. The summed E-state index contributed by atoms with van der Waals surface area (Å²) in [4.78, 5) is 31.9. The quantitative estimate of drug-likeness (QED) is 0.502. The SMILES string of the molecule is COc1cccc(C(=O)N2CCC(CCCCNC(=O)c3cc4ccncc4s3)CC2)c1. The van der Waals surface area contributed by atoms with Gasteiger partial charge < -0.3 is 15.0 Å². The van der Waals surface area contributed by atoms with E-state index in [-0.39, 0.29) is 11.8 Å². The summed E-state index contributed by atoms with van der Waals surface area (Å²) >= 11 is 1.48. The molecular formula is C25H29N3O3S. The first-order chi connectivity index (χ1) is 15.6. The fourth-order valence-electron chi connectivity index (χ4n) is 4.21. The van der Waals surface area contributed by atoms with Crippen LogP contribution in [0.4, 0.5) is 0 Å². The molecular weight excluding hydrogens is 422 g/mol. The number of unbranched alkanes of at least 4 members (excludes halogenated alkanes) is 1. The van der Waals surface area contributed by atoms with Gasteiger partial charge in [-0.3, -0.25) is 14.6 Å². The second kappa shape index (κ2) is 10.6. The van der Waals surface area contributed by atoms with Crippen molar-refractivity contribution in [1.82, 2.24) is 15.2 Å². The van der Waals surface area contributed by atoms with E-state index in [1.54, 1.807) is 25.6 Å². The molecule has 7 heteroatoms. The number of pyridine rings is 1. The highest BCUT2D eigenvalue weighted by Gasteiger charge is 2.23. The van der Waals surface area contributed by atoms with Gasteiger partial charge in [0.25, 0.3) is 11.8 Å². The van der Waals surface area contributed by atoms with Crippen molar-refractivity contribution in [1.29, 1.82) is 0 Å². The van der Waals surface area contributed by atoms with E-state index in [0.29, 0.717) is 23.8 Å². The van der Waals surface area contributed by atoms with Crippen molar-refractivity contribution < 1.29 is 14.3 Å². The summed E-state index contributed by atoms with van der Waals surface area (Å²) in [5.74, 6) is 1.44. The minimum absolute atomic E-state index is 0.00411. The van der Waals surface area contributed by atoms with Crippen molar-refractivity contribution in [2.24, 2.45) is 5.92 Å². The Hall–Kier alpha value is -2.93. The molecule has 1 aromatic carbocycles. The average Bonchev–Trinajstić information content (AvgIpc) is 3.28. The number of carbonyl (C=O) groups excluding carboxylic acids is 2. The third-order valence-corrected chi connectivity index (χ3v) is 7.17. The molecule has 0 saturated carbocycles. The molecule has 3 heterocycles. The molecule has 4 rings (SSSR count). The lowest BCUT2D eigenvalue weighted by atomic mass is 9.91. The minimum atomic E-state index is -0.00411. The molecule has 1 fully saturated rings. The first-order valence-corrected chi connectivity index (χ1v) is 12.0. The Balaban J connectivity index is 1.14. The van der Waals surface area contributed by atoms with Gasteiger partial charge in [0.2, 0.25) is 0 Å². The highest BCUT2D eigenvalue weighted by Crippen LogP contribution is 2.25. The number of methoxy groups -OCH3 is 1. The van der Waals surface area contributed by atoms with Crippen LogP contribution in [0.25, 0.3) is 10.1 Å². The highest BCUT2D eigenvalue weighted by atomic mass is 32.1. The van der Waals surface area contributed by atoms with E-state index in [9.17, 15) is 9.59 Å². The molecule has 2 aromatic heterocycles. The summed E-state index contributed by atoms with van der Waals surface area (Å²) < 4.78 is 6.26. The number of piperidine rings is 1. The van der Waals surface area contributed by atoms with Gasteiger partial charge in [-0.15, -0.1) is 11.3 Å². The van der Waals surface area contributed by atoms with Gasteiger partial charge in [0.05, 0.1) is 16.7 Å². The molecule has 32 heavy (non-hydrogen) atoms. The molecule has 0 atom stereocenters. The summed E-state index contributed by atoms with van der Waals surface area (Å²) in [7, 11) is 1.61. The monoisotopic (exact) mass is 451 g/mol. The van der Waals surface area contributed by atoms with Gasteiger partial charge in [-0.1, -0.05) is 18.9 Å². The van der Waals surface area contributed by atoms with Crippen molar-refractivity contribution in [2.45, 2.75) is 32.1 Å². The lowest BCUT2D eigenvalue weighted by Gasteiger charge is -2.32. The second-order valence-corrected chi connectivity index (χ2v) is 9.33. The number of likely N-dealkylation sites (tertiary alicyclic amines) is 1. The van der Waals surface area contributed by atoms with E-state index in [4.69, 9.17) is 4.74 Å². The first kappa shape index (κ1) is 22.3. The Morgan fingerprint density at radius 3 is 2.81 bits per heavy atom.